The number of hydrogen-bond acceptors (Lipinski definition) is 1. The Bertz CT molecular complexity index is 893. The second kappa shape index (κ2) is 6.40. The second-order valence-corrected chi connectivity index (χ2v) is 7.17. The molecule has 0 N–H and O–H groups in total. The van der Waals surface area contributed by atoms with Crippen molar-refractivity contribution >= 4 is 16.8 Å². The Balaban J connectivity index is 1.70. The number of fused-ring (bicyclic) bond motifs is 1. The fourth-order valence-corrected chi connectivity index (χ4v) is 3.60. The molecule has 1 atom stereocenters. The van der Waals surface area contributed by atoms with E-state index in [0.29, 0.717) is 12.0 Å². The van der Waals surface area contributed by atoms with Crippen molar-refractivity contribution in [3.05, 3.63) is 71.9 Å². The molecule has 1 heterocycles. The largest absolute Gasteiger partial charge is 0.342 e. The molecule has 1 aliphatic rings. The molecule has 2 aromatic carbocycles. The number of aromatic nitrogens is 1. The zero-order valence-electron chi connectivity index (χ0n) is 14.9. The van der Waals surface area contributed by atoms with Gasteiger partial charge >= 0.3 is 0 Å². The molecule has 1 aromatic heterocycles. The molecule has 0 spiro atoms. The summed E-state index contributed by atoms with van der Waals surface area (Å²) in [6.07, 6.45) is 4.51. The highest BCUT2D eigenvalue weighted by molar-refractivity contribution is 6.07. The molecule has 3 nitrogen and oxygen atoms in total. The van der Waals surface area contributed by atoms with E-state index in [-0.39, 0.29) is 5.91 Å². The van der Waals surface area contributed by atoms with Crippen molar-refractivity contribution in [1.82, 2.24) is 9.47 Å². The Morgan fingerprint density at radius 1 is 1.12 bits per heavy atom. The van der Waals surface area contributed by atoms with Crippen molar-refractivity contribution in [2.24, 2.45) is 5.92 Å². The Hall–Kier alpha value is -2.55. The maximum absolute atomic E-state index is 13.1. The summed E-state index contributed by atoms with van der Waals surface area (Å²) in [7, 11) is 1.94. The molecule has 3 aromatic rings. The van der Waals surface area contributed by atoms with E-state index < -0.39 is 0 Å². The quantitative estimate of drug-likeness (QED) is 0.672. The van der Waals surface area contributed by atoms with E-state index in [2.05, 4.69) is 47.9 Å². The average molecular weight is 332 g/mol. The molecule has 128 valence electrons. The monoisotopic (exact) mass is 332 g/mol. The first kappa shape index (κ1) is 15.9. The molecule has 0 unspecified atom stereocenters. The number of nitrogens with zero attached hydrogens (tertiary/aromatic N) is 2. The van der Waals surface area contributed by atoms with Crippen LogP contribution >= 0.6 is 0 Å². The highest BCUT2D eigenvalue weighted by Crippen LogP contribution is 2.35. The summed E-state index contributed by atoms with van der Waals surface area (Å²) in [5.74, 6) is 0.800. The third-order valence-corrected chi connectivity index (χ3v) is 5.45. The Morgan fingerprint density at radius 2 is 1.80 bits per heavy atom. The molecule has 0 saturated heterocycles. The number of carbonyl (C=O) groups excluding carboxylic acids is 1. The second-order valence-electron chi connectivity index (χ2n) is 7.17. The molecular weight excluding hydrogens is 308 g/mol. The zero-order chi connectivity index (χ0) is 17.4. The molecule has 1 amide bonds. The summed E-state index contributed by atoms with van der Waals surface area (Å²) in [6.45, 7) is 2.94. The van der Waals surface area contributed by atoms with Gasteiger partial charge in [0.25, 0.3) is 5.91 Å². The number of para-hydroxylation sites is 1. The van der Waals surface area contributed by atoms with E-state index in [9.17, 15) is 4.79 Å². The van der Waals surface area contributed by atoms with Crippen molar-refractivity contribution in [2.75, 3.05) is 7.05 Å². The van der Waals surface area contributed by atoms with Gasteiger partial charge in [0.05, 0.1) is 5.56 Å². The van der Waals surface area contributed by atoms with Gasteiger partial charge in [0.1, 0.15) is 0 Å². The van der Waals surface area contributed by atoms with Gasteiger partial charge < -0.3 is 9.47 Å². The Labute approximate surface area is 148 Å². The summed E-state index contributed by atoms with van der Waals surface area (Å²) < 4.78 is 2.19. The molecular formula is C22H24N2O. The smallest absolute Gasteiger partial charge is 0.256 e. The Kier molecular flexibility index (Phi) is 4.08. The van der Waals surface area contributed by atoms with Gasteiger partial charge in [0.15, 0.2) is 0 Å². The fourth-order valence-electron chi connectivity index (χ4n) is 3.60. The van der Waals surface area contributed by atoms with Crippen LogP contribution in [-0.2, 0) is 6.54 Å². The number of amides is 1. The first-order valence-corrected chi connectivity index (χ1v) is 9.04. The van der Waals surface area contributed by atoms with Crippen LogP contribution < -0.4 is 0 Å². The minimum absolute atomic E-state index is 0.127. The van der Waals surface area contributed by atoms with Crippen LogP contribution in [0.5, 0.6) is 0 Å². The van der Waals surface area contributed by atoms with Crippen LogP contribution in [0, 0.1) is 5.92 Å². The zero-order valence-corrected chi connectivity index (χ0v) is 14.9. The van der Waals surface area contributed by atoms with Gasteiger partial charge in [-0.2, -0.15) is 0 Å². The van der Waals surface area contributed by atoms with Gasteiger partial charge in [-0.15, -0.1) is 0 Å². The third kappa shape index (κ3) is 3.07. The summed E-state index contributed by atoms with van der Waals surface area (Å²) in [4.78, 5) is 15.0. The lowest BCUT2D eigenvalue weighted by atomic mass is 10.1. The van der Waals surface area contributed by atoms with Gasteiger partial charge in [-0.3, -0.25) is 4.79 Å². The number of carbonyl (C=O) groups is 1. The SMILES string of the molecule is C[C@H](C1CC1)N(C)C(=O)c1cn(Cc2ccccc2)c2ccccc12. The highest BCUT2D eigenvalue weighted by Gasteiger charge is 2.33. The summed E-state index contributed by atoms with van der Waals surface area (Å²) in [6, 6.07) is 18.9. The van der Waals surface area contributed by atoms with Crippen LogP contribution in [0.4, 0.5) is 0 Å². The predicted octanol–water partition coefficient (Wildman–Crippen LogP) is 4.56. The van der Waals surface area contributed by atoms with Crippen LogP contribution in [0.25, 0.3) is 10.9 Å². The number of hydrogen-bond donors (Lipinski definition) is 0. The molecule has 3 heteroatoms. The van der Waals surface area contributed by atoms with Gasteiger partial charge in [-0.1, -0.05) is 48.5 Å². The Morgan fingerprint density at radius 3 is 2.52 bits per heavy atom. The van der Waals surface area contributed by atoms with Crippen LogP contribution in [0.1, 0.15) is 35.7 Å². The summed E-state index contributed by atoms with van der Waals surface area (Å²) >= 11 is 0. The third-order valence-electron chi connectivity index (χ3n) is 5.45. The molecule has 25 heavy (non-hydrogen) atoms. The first-order chi connectivity index (χ1) is 12.1. The summed E-state index contributed by atoms with van der Waals surface area (Å²) in [5.41, 5.74) is 3.16. The van der Waals surface area contributed by atoms with Gasteiger partial charge in [0, 0.05) is 36.7 Å². The van der Waals surface area contributed by atoms with E-state index in [0.717, 1.165) is 23.0 Å². The van der Waals surface area contributed by atoms with Gasteiger partial charge in [-0.05, 0) is 37.3 Å². The van der Waals surface area contributed by atoms with Crippen LogP contribution in [-0.4, -0.2) is 28.5 Å². The minimum Gasteiger partial charge on any atom is -0.342 e. The molecule has 0 radical (unpaired) electrons. The van der Waals surface area contributed by atoms with Crippen molar-refractivity contribution in [3.8, 4) is 0 Å². The molecule has 1 fully saturated rings. The molecule has 1 saturated carbocycles. The van der Waals surface area contributed by atoms with Gasteiger partial charge in [0.2, 0.25) is 0 Å². The molecule has 0 bridgehead atoms. The van der Waals surface area contributed by atoms with E-state index in [1.54, 1.807) is 0 Å². The predicted molar refractivity (Wildman–Crippen MR) is 102 cm³/mol. The van der Waals surface area contributed by atoms with E-state index in [1.165, 1.54) is 18.4 Å². The number of benzene rings is 2. The lowest BCUT2D eigenvalue weighted by Gasteiger charge is -2.24. The lowest BCUT2D eigenvalue weighted by Crippen LogP contribution is -2.36. The van der Waals surface area contributed by atoms with E-state index >= 15 is 0 Å². The molecule has 4 rings (SSSR count). The standard InChI is InChI=1S/C22H24N2O/c1-16(18-12-13-18)23(2)22(25)20-15-24(14-17-8-4-3-5-9-17)21-11-7-6-10-19(20)21/h3-11,15-16,18H,12-14H2,1-2H3/t16-/m1/s1. The minimum atomic E-state index is 0.127. The van der Waals surface area contributed by atoms with Crippen molar-refractivity contribution in [2.45, 2.75) is 32.4 Å². The topological polar surface area (TPSA) is 25.2 Å². The van der Waals surface area contributed by atoms with Gasteiger partial charge in [-0.25, -0.2) is 0 Å². The number of rotatable bonds is 5. The first-order valence-electron chi connectivity index (χ1n) is 9.04. The van der Waals surface area contributed by atoms with Crippen molar-refractivity contribution in [3.63, 3.8) is 0 Å². The molecule has 0 aliphatic heterocycles. The summed E-state index contributed by atoms with van der Waals surface area (Å²) in [5, 5.41) is 1.04. The normalized spacial score (nSPS) is 15.3. The van der Waals surface area contributed by atoms with Crippen LogP contribution in [0.15, 0.2) is 60.8 Å². The maximum Gasteiger partial charge on any atom is 0.256 e. The molecule has 1 aliphatic carbocycles. The van der Waals surface area contributed by atoms with Crippen molar-refractivity contribution in [1.29, 1.82) is 0 Å². The van der Waals surface area contributed by atoms with Crippen LogP contribution in [0.3, 0.4) is 0 Å². The van der Waals surface area contributed by atoms with E-state index in [4.69, 9.17) is 0 Å². The average Bonchev–Trinajstić information content (AvgIpc) is 3.44. The van der Waals surface area contributed by atoms with E-state index in [1.807, 2.05) is 36.3 Å². The fraction of sp³-hybridized carbons (Fsp3) is 0.318. The van der Waals surface area contributed by atoms with Crippen LogP contribution in [0.2, 0.25) is 0 Å². The van der Waals surface area contributed by atoms with Crippen molar-refractivity contribution < 1.29 is 4.79 Å². The highest BCUT2D eigenvalue weighted by atomic mass is 16.2. The maximum atomic E-state index is 13.1. The lowest BCUT2D eigenvalue weighted by molar-refractivity contribution is 0.0729.